The van der Waals surface area contributed by atoms with Crippen LogP contribution in [0.25, 0.3) is 0 Å². The Labute approximate surface area is 174 Å². The van der Waals surface area contributed by atoms with Crippen molar-refractivity contribution in [2.45, 2.75) is 12.5 Å². The largest absolute Gasteiger partial charge is 0.338 e. The summed E-state index contributed by atoms with van der Waals surface area (Å²) in [6.45, 7) is 1.35. The highest BCUT2D eigenvalue weighted by atomic mass is 35.5. The maximum Gasteiger partial charge on any atom is 0.258 e. The summed E-state index contributed by atoms with van der Waals surface area (Å²) >= 11 is 5.97. The van der Waals surface area contributed by atoms with Gasteiger partial charge in [0.15, 0.2) is 0 Å². The van der Waals surface area contributed by atoms with E-state index in [1.807, 2.05) is 30.3 Å². The van der Waals surface area contributed by atoms with E-state index in [0.717, 1.165) is 5.56 Å². The van der Waals surface area contributed by atoms with Gasteiger partial charge >= 0.3 is 0 Å². The number of rotatable bonds is 4. The SMILES string of the molecule is Cl.N[C@@H](Cc1ccccc1)C(=O)N1CCN(C(=O)c2c(F)cccc2Cl)CC1. The molecule has 1 fully saturated rings. The number of hydrogen-bond donors (Lipinski definition) is 1. The van der Waals surface area contributed by atoms with Gasteiger partial charge in [-0.1, -0.05) is 48.0 Å². The number of carbonyl (C=O) groups excluding carboxylic acids is 2. The summed E-state index contributed by atoms with van der Waals surface area (Å²) in [5.41, 5.74) is 6.94. The molecule has 1 aliphatic rings. The molecule has 0 bridgehead atoms. The molecule has 1 aliphatic heterocycles. The van der Waals surface area contributed by atoms with Crippen LogP contribution in [0.2, 0.25) is 5.02 Å². The highest BCUT2D eigenvalue weighted by molar-refractivity contribution is 6.33. The summed E-state index contributed by atoms with van der Waals surface area (Å²) in [4.78, 5) is 28.3. The lowest BCUT2D eigenvalue weighted by Crippen LogP contribution is -2.54. The van der Waals surface area contributed by atoms with Gasteiger partial charge in [-0.2, -0.15) is 0 Å². The van der Waals surface area contributed by atoms with Crippen molar-refractivity contribution in [1.82, 2.24) is 9.80 Å². The third kappa shape index (κ3) is 5.01. The summed E-state index contributed by atoms with van der Waals surface area (Å²) in [5, 5.41) is 0.0865. The first-order valence-electron chi connectivity index (χ1n) is 8.79. The molecule has 8 heteroatoms. The van der Waals surface area contributed by atoms with Gasteiger partial charge in [-0.25, -0.2) is 4.39 Å². The first kappa shape index (κ1) is 22.1. The number of nitrogens with zero attached hydrogens (tertiary/aromatic N) is 2. The lowest BCUT2D eigenvalue weighted by atomic mass is 10.1. The van der Waals surface area contributed by atoms with Gasteiger partial charge in [0, 0.05) is 26.2 Å². The van der Waals surface area contributed by atoms with E-state index in [-0.39, 0.29) is 28.9 Å². The molecule has 1 atom stereocenters. The fraction of sp³-hybridized carbons (Fsp3) is 0.300. The normalized spacial score (nSPS) is 15.0. The Morgan fingerprint density at radius 2 is 1.61 bits per heavy atom. The van der Waals surface area contributed by atoms with Gasteiger partial charge in [0.25, 0.3) is 5.91 Å². The van der Waals surface area contributed by atoms with Crippen LogP contribution in [0.3, 0.4) is 0 Å². The van der Waals surface area contributed by atoms with Crippen molar-refractivity contribution < 1.29 is 14.0 Å². The number of carbonyl (C=O) groups is 2. The van der Waals surface area contributed by atoms with Crippen LogP contribution in [0, 0.1) is 5.82 Å². The third-order valence-corrected chi connectivity index (χ3v) is 4.99. The summed E-state index contributed by atoms with van der Waals surface area (Å²) in [5.74, 6) is -1.25. The number of piperazine rings is 1. The van der Waals surface area contributed by atoms with Gasteiger partial charge in [0.1, 0.15) is 5.82 Å². The van der Waals surface area contributed by atoms with Gasteiger partial charge in [-0.15, -0.1) is 12.4 Å². The second-order valence-electron chi connectivity index (χ2n) is 6.51. The Morgan fingerprint density at radius 3 is 2.21 bits per heavy atom. The highest BCUT2D eigenvalue weighted by Crippen LogP contribution is 2.21. The minimum Gasteiger partial charge on any atom is -0.338 e. The lowest BCUT2D eigenvalue weighted by molar-refractivity contribution is -0.134. The van der Waals surface area contributed by atoms with Crippen molar-refractivity contribution in [1.29, 1.82) is 0 Å². The molecule has 2 amide bonds. The maximum atomic E-state index is 14.0. The summed E-state index contributed by atoms with van der Waals surface area (Å²) in [6, 6.07) is 13.1. The van der Waals surface area contributed by atoms with E-state index >= 15 is 0 Å². The predicted molar refractivity (Wildman–Crippen MR) is 109 cm³/mol. The first-order valence-corrected chi connectivity index (χ1v) is 9.16. The quantitative estimate of drug-likeness (QED) is 0.818. The molecule has 0 aromatic heterocycles. The van der Waals surface area contributed by atoms with E-state index in [1.54, 1.807) is 4.90 Å². The van der Waals surface area contributed by atoms with Crippen LogP contribution in [-0.4, -0.2) is 53.8 Å². The lowest BCUT2D eigenvalue weighted by Gasteiger charge is -2.36. The number of hydrogen-bond acceptors (Lipinski definition) is 3. The van der Waals surface area contributed by atoms with E-state index in [1.165, 1.54) is 23.1 Å². The molecule has 0 saturated carbocycles. The van der Waals surface area contributed by atoms with Crippen LogP contribution >= 0.6 is 24.0 Å². The average molecular weight is 426 g/mol. The van der Waals surface area contributed by atoms with E-state index in [2.05, 4.69) is 0 Å². The first-order chi connectivity index (χ1) is 13.0. The van der Waals surface area contributed by atoms with E-state index in [9.17, 15) is 14.0 Å². The minimum atomic E-state index is -0.643. The molecule has 28 heavy (non-hydrogen) atoms. The van der Waals surface area contributed by atoms with Crippen molar-refractivity contribution in [2.24, 2.45) is 5.73 Å². The van der Waals surface area contributed by atoms with Gasteiger partial charge in [-0.3, -0.25) is 9.59 Å². The number of nitrogens with two attached hydrogens (primary N) is 1. The monoisotopic (exact) mass is 425 g/mol. The highest BCUT2D eigenvalue weighted by Gasteiger charge is 2.29. The van der Waals surface area contributed by atoms with E-state index in [0.29, 0.717) is 32.6 Å². The van der Waals surface area contributed by atoms with Crippen molar-refractivity contribution in [3.63, 3.8) is 0 Å². The zero-order valence-electron chi connectivity index (χ0n) is 15.2. The summed E-state index contributed by atoms with van der Waals surface area (Å²) in [6.07, 6.45) is 0.462. The fourth-order valence-electron chi connectivity index (χ4n) is 3.18. The molecule has 3 rings (SSSR count). The Balaban J connectivity index is 0.00000280. The van der Waals surface area contributed by atoms with Crippen molar-refractivity contribution >= 4 is 35.8 Å². The van der Waals surface area contributed by atoms with Crippen LogP contribution in [0.15, 0.2) is 48.5 Å². The molecule has 2 N–H and O–H groups in total. The molecule has 1 heterocycles. The number of halogens is 3. The van der Waals surface area contributed by atoms with Gasteiger partial charge in [-0.05, 0) is 24.1 Å². The Kier molecular flexibility index (Phi) is 7.80. The Morgan fingerprint density at radius 1 is 1.00 bits per heavy atom. The topological polar surface area (TPSA) is 66.6 Å². The Bertz CT molecular complexity index is 807. The van der Waals surface area contributed by atoms with Crippen LogP contribution < -0.4 is 5.73 Å². The molecule has 0 aliphatic carbocycles. The third-order valence-electron chi connectivity index (χ3n) is 4.67. The second kappa shape index (κ2) is 9.87. The molecule has 0 unspecified atom stereocenters. The minimum absolute atomic E-state index is 0. The molecular weight excluding hydrogens is 404 g/mol. The van der Waals surface area contributed by atoms with Crippen LogP contribution in [0.5, 0.6) is 0 Å². The van der Waals surface area contributed by atoms with Gasteiger partial charge in [0.05, 0.1) is 16.6 Å². The zero-order chi connectivity index (χ0) is 19.4. The summed E-state index contributed by atoms with van der Waals surface area (Å²) < 4.78 is 14.0. The zero-order valence-corrected chi connectivity index (χ0v) is 16.8. The molecule has 150 valence electrons. The Hall–Kier alpha value is -2.15. The molecule has 0 spiro atoms. The average Bonchev–Trinajstić information content (AvgIpc) is 2.68. The molecule has 2 aromatic rings. The fourth-order valence-corrected chi connectivity index (χ4v) is 3.42. The number of amides is 2. The van der Waals surface area contributed by atoms with Gasteiger partial charge in [0.2, 0.25) is 5.91 Å². The molecule has 1 saturated heterocycles. The smallest absolute Gasteiger partial charge is 0.258 e. The van der Waals surface area contributed by atoms with Crippen LogP contribution in [0.4, 0.5) is 4.39 Å². The van der Waals surface area contributed by atoms with Crippen molar-refractivity contribution in [3.05, 3.63) is 70.5 Å². The maximum absolute atomic E-state index is 14.0. The van der Waals surface area contributed by atoms with Crippen molar-refractivity contribution in [2.75, 3.05) is 26.2 Å². The molecule has 5 nitrogen and oxygen atoms in total. The number of benzene rings is 2. The second-order valence-corrected chi connectivity index (χ2v) is 6.92. The standard InChI is InChI=1S/C20H21ClFN3O2.ClH/c21-15-7-4-8-16(22)18(15)20(27)25-11-9-24(10-12-25)19(26)17(23)13-14-5-2-1-3-6-14;/h1-8,17H,9-13,23H2;1H/t17-;/m0./s1. The molecule has 2 aromatic carbocycles. The van der Waals surface area contributed by atoms with Crippen LogP contribution in [0.1, 0.15) is 15.9 Å². The molecular formula is C20H22Cl2FN3O2. The van der Waals surface area contributed by atoms with Crippen molar-refractivity contribution in [3.8, 4) is 0 Å². The van der Waals surface area contributed by atoms with Crippen LogP contribution in [-0.2, 0) is 11.2 Å². The predicted octanol–water partition coefficient (Wildman–Crippen LogP) is 2.76. The van der Waals surface area contributed by atoms with Gasteiger partial charge < -0.3 is 15.5 Å². The molecule has 0 radical (unpaired) electrons. The van der Waals surface area contributed by atoms with E-state index in [4.69, 9.17) is 17.3 Å². The summed E-state index contributed by atoms with van der Waals surface area (Å²) in [7, 11) is 0. The van der Waals surface area contributed by atoms with E-state index < -0.39 is 17.8 Å².